The number of piperidine rings is 1. The van der Waals surface area contributed by atoms with E-state index in [1.807, 2.05) is 17.0 Å². The van der Waals surface area contributed by atoms with E-state index in [2.05, 4.69) is 11.4 Å². The molecule has 4 nitrogen and oxygen atoms in total. The first-order chi connectivity index (χ1) is 9.79. The summed E-state index contributed by atoms with van der Waals surface area (Å²) in [4.78, 5) is 14.7. The van der Waals surface area contributed by atoms with Crippen LogP contribution in [0.4, 0.5) is 0 Å². The number of nitrogens with one attached hydrogen (secondary N) is 1. The van der Waals surface area contributed by atoms with E-state index in [0.717, 1.165) is 51.0 Å². The molecule has 2 aliphatic heterocycles. The van der Waals surface area contributed by atoms with Crippen LogP contribution in [0.1, 0.15) is 34.3 Å². The zero-order valence-electron chi connectivity index (χ0n) is 12.0. The monoisotopic (exact) mass is 274 g/mol. The fraction of sp³-hybridized carbons (Fsp3) is 0.562. The van der Waals surface area contributed by atoms with Gasteiger partial charge in [0.05, 0.1) is 6.10 Å². The zero-order valence-corrected chi connectivity index (χ0v) is 12.0. The molecule has 4 heteroatoms. The predicted molar refractivity (Wildman–Crippen MR) is 77.8 cm³/mol. The molecule has 0 bridgehead atoms. The van der Waals surface area contributed by atoms with Crippen molar-refractivity contribution in [3.05, 3.63) is 34.9 Å². The zero-order chi connectivity index (χ0) is 13.9. The molecule has 1 aromatic carbocycles. The Hall–Kier alpha value is -1.39. The summed E-state index contributed by atoms with van der Waals surface area (Å²) in [7, 11) is 1.75. The molecule has 1 saturated heterocycles. The van der Waals surface area contributed by atoms with Crippen LogP contribution in [0.25, 0.3) is 0 Å². The van der Waals surface area contributed by atoms with Gasteiger partial charge in [0.15, 0.2) is 0 Å². The number of rotatable bonds is 2. The average Bonchev–Trinajstić information content (AvgIpc) is 2.54. The molecule has 108 valence electrons. The van der Waals surface area contributed by atoms with Crippen LogP contribution >= 0.6 is 0 Å². The Labute approximate surface area is 120 Å². The number of benzene rings is 1. The Morgan fingerprint density at radius 1 is 1.35 bits per heavy atom. The Morgan fingerprint density at radius 2 is 2.15 bits per heavy atom. The van der Waals surface area contributed by atoms with E-state index in [9.17, 15) is 4.79 Å². The molecule has 1 aromatic rings. The van der Waals surface area contributed by atoms with Crippen molar-refractivity contribution >= 4 is 5.91 Å². The van der Waals surface area contributed by atoms with Crippen molar-refractivity contribution in [3.63, 3.8) is 0 Å². The summed E-state index contributed by atoms with van der Waals surface area (Å²) < 4.78 is 5.37. The number of methoxy groups -OCH3 is 1. The summed E-state index contributed by atoms with van der Waals surface area (Å²) in [5, 5.41) is 3.36. The lowest BCUT2D eigenvalue weighted by molar-refractivity contribution is 0.0350. The minimum Gasteiger partial charge on any atom is -0.381 e. The topological polar surface area (TPSA) is 41.6 Å². The molecule has 2 aliphatic rings. The smallest absolute Gasteiger partial charge is 0.254 e. The fourth-order valence-corrected chi connectivity index (χ4v) is 3.20. The van der Waals surface area contributed by atoms with Gasteiger partial charge >= 0.3 is 0 Å². The van der Waals surface area contributed by atoms with Crippen LogP contribution in [0.2, 0.25) is 0 Å². The minimum atomic E-state index is 0.193. The molecular formula is C16H22N2O2. The Morgan fingerprint density at radius 3 is 2.90 bits per heavy atom. The van der Waals surface area contributed by atoms with Gasteiger partial charge in [-0.3, -0.25) is 4.79 Å². The highest BCUT2D eigenvalue weighted by atomic mass is 16.5. The second kappa shape index (κ2) is 5.94. The predicted octanol–water partition coefficient (Wildman–Crippen LogP) is 1.58. The molecule has 2 heterocycles. The SMILES string of the molecule is COC1CCN(C(=O)c2cccc3c2CCNC3)CC1. The molecule has 0 radical (unpaired) electrons. The molecule has 1 amide bonds. The van der Waals surface area contributed by atoms with Crippen molar-refractivity contribution < 1.29 is 9.53 Å². The van der Waals surface area contributed by atoms with Crippen LogP contribution < -0.4 is 5.32 Å². The van der Waals surface area contributed by atoms with E-state index < -0.39 is 0 Å². The van der Waals surface area contributed by atoms with Gasteiger partial charge in [-0.05, 0) is 43.0 Å². The molecule has 20 heavy (non-hydrogen) atoms. The third-order valence-electron chi connectivity index (χ3n) is 4.43. The Bertz CT molecular complexity index is 493. The molecule has 0 spiro atoms. The maximum atomic E-state index is 12.7. The number of amides is 1. The van der Waals surface area contributed by atoms with Crippen LogP contribution in [-0.2, 0) is 17.7 Å². The lowest BCUT2D eigenvalue weighted by Crippen LogP contribution is -2.41. The van der Waals surface area contributed by atoms with Gasteiger partial charge in [0.1, 0.15) is 0 Å². The molecule has 3 rings (SSSR count). The summed E-state index contributed by atoms with van der Waals surface area (Å²) in [5.41, 5.74) is 3.42. The van der Waals surface area contributed by atoms with Crippen LogP contribution in [0.15, 0.2) is 18.2 Å². The van der Waals surface area contributed by atoms with Crippen molar-refractivity contribution in [1.29, 1.82) is 0 Å². The third-order valence-corrected chi connectivity index (χ3v) is 4.43. The maximum absolute atomic E-state index is 12.7. The summed E-state index contributed by atoms with van der Waals surface area (Å²) in [6.45, 7) is 3.45. The molecular weight excluding hydrogens is 252 g/mol. The number of nitrogens with zero attached hydrogens (tertiary/aromatic N) is 1. The first-order valence-electron chi connectivity index (χ1n) is 7.43. The van der Waals surface area contributed by atoms with Crippen molar-refractivity contribution in [3.8, 4) is 0 Å². The van der Waals surface area contributed by atoms with Gasteiger partial charge in [-0.15, -0.1) is 0 Å². The first-order valence-corrected chi connectivity index (χ1v) is 7.43. The summed E-state index contributed by atoms with van der Waals surface area (Å²) >= 11 is 0. The Kier molecular flexibility index (Phi) is 4.03. The van der Waals surface area contributed by atoms with Crippen molar-refractivity contribution in [2.24, 2.45) is 0 Å². The molecule has 0 unspecified atom stereocenters. The number of hydrogen-bond acceptors (Lipinski definition) is 3. The van der Waals surface area contributed by atoms with Gasteiger partial charge in [0.2, 0.25) is 0 Å². The van der Waals surface area contributed by atoms with E-state index in [1.165, 1.54) is 11.1 Å². The fourth-order valence-electron chi connectivity index (χ4n) is 3.20. The lowest BCUT2D eigenvalue weighted by Gasteiger charge is -2.32. The average molecular weight is 274 g/mol. The van der Waals surface area contributed by atoms with Crippen molar-refractivity contribution in [2.45, 2.75) is 31.9 Å². The first kappa shape index (κ1) is 13.6. The van der Waals surface area contributed by atoms with Crippen LogP contribution in [0.3, 0.4) is 0 Å². The molecule has 1 fully saturated rings. The highest BCUT2D eigenvalue weighted by molar-refractivity contribution is 5.96. The van der Waals surface area contributed by atoms with E-state index in [1.54, 1.807) is 7.11 Å². The second-order valence-electron chi connectivity index (χ2n) is 5.60. The number of carbonyl (C=O) groups is 1. The number of likely N-dealkylation sites (tertiary alicyclic amines) is 1. The standard InChI is InChI=1S/C16H22N2O2/c1-20-13-6-9-18(10-7-13)16(19)15-4-2-3-12-11-17-8-5-14(12)15/h2-4,13,17H,5-11H2,1H3. The highest BCUT2D eigenvalue weighted by Crippen LogP contribution is 2.22. The molecule has 0 aliphatic carbocycles. The van der Waals surface area contributed by atoms with E-state index >= 15 is 0 Å². The van der Waals surface area contributed by atoms with Gasteiger partial charge in [-0.2, -0.15) is 0 Å². The van der Waals surface area contributed by atoms with Crippen LogP contribution in [0.5, 0.6) is 0 Å². The van der Waals surface area contributed by atoms with Gasteiger partial charge in [0, 0.05) is 32.3 Å². The van der Waals surface area contributed by atoms with Crippen molar-refractivity contribution in [1.82, 2.24) is 10.2 Å². The normalized spacial score (nSPS) is 19.8. The summed E-state index contributed by atoms with van der Waals surface area (Å²) in [5.74, 6) is 0.193. The molecule has 0 atom stereocenters. The van der Waals surface area contributed by atoms with Crippen LogP contribution in [0, 0.1) is 0 Å². The van der Waals surface area contributed by atoms with Crippen molar-refractivity contribution in [2.75, 3.05) is 26.7 Å². The third kappa shape index (κ3) is 2.58. The van der Waals surface area contributed by atoms with Gasteiger partial charge in [0.25, 0.3) is 5.91 Å². The van der Waals surface area contributed by atoms with Gasteiger partial charge < -0.3 is 15.0 Å². The summed E-state index contributed by atoms with van der Waals surface area (Å²) in [6, 6.07) is 6.10. The quantitative estimate of drug-likeness (QED) is 0.890. The number of fused-ring (bicyclic) bond motifs is 1. The summed E-state index contributed by atoms with van der Waals surface area (Å²) in [6.07, 6.45) is 3.15. The van der Waals surface area contributed by atoms with Gasteiger partial charge in [-0.25, -0.2) is 0 Å². The maximum Gasteiger partial charge on any atom is 0.254 e. The van der Waals surface area contributed by atoms with E-state index in [-0.39, 0.29) is 5.91 Å². The van der Waals surface area contributed by atoms with E-state index in [0.29, 0.717) is 6.10 Å². The highest BCUT2D eigenvalue weighted by Gasteiger charge is 2.26. The molecule has 0 saturated carbocycles. The minimum absolute atomic E-state index is 0.193. The largest absolute Gasteiger partial charge is 0.381 e. The number of hydrogen-bond donors (Lipinski definition) is 1. The lowest BCUT2D eigenvalue weighted by atomic mass is 9.94. The van der Waals surface area contributed by atoms with E-state index in [4.69, 9.17) is 4.74 Å². The second-order valence-corrected chi connectivity index (χ2v) is 5.60. The number of ether oxygens (including phenoxy) is 1. The van der Waals surface area contributed by atoms with Crippen LogP contribution in [-0.4, -0.2) is 43.7 Å². The molecule has 1 N–H and O–H groups in total. The Balaban J connectivity index is 1.78. The number of carbonyl (C=O) groups excluding carboxylic acids is 1. The van der Waals surface area contributed by atoms with Gasteiger partial charge in [-0.1, -0.05) is 12.1 Å². The molecule has 0 aromatic heterocycles.